The molecule has 25 heavy (non-hydrogen) atoms. The van der Waals surface area contributed by atoms with Crippen LogP contribution >= 0.6 is 24.0 Å². The lowest BCUT2D eigenvalue weighted by Gasteiger charge is -2.23. The van der Waals surface area contributed by atoms with Crippen molar-refractivity contribution in [3.63, 3.8) is 0 Å². The van der Waals surface area contributed by atoms with Crippen molar-refractivity contribution >= 4 is 29.9 Å². The Bertz CT molecular complexity index is 728. The minimum Gasteiger partial charge on any atom is -0.345 e. The summed E-state index contributed by atoms with van der Waals surface area (Å²) in [5.74, 6) is -1.81. The average Bonchev–Trinajstić information content (AvgIpc) is 2.56. The lowest BCUT2D eigenvalue weighted by atomic mass is 9.97. The minimum absolute atomic E-state index is 0. The van der Waals surface area contributed by atoms with Crippen molar-refractivity contribution in [2.75, 3.05) is 13.6 Å². The second kappa shape index (κ2) is 9.70. The molecule has 2 N–H and O–H groups in total. The first-order chi connectivity index (χ1) is 11.4. The molecule has 0 saturated carbocycles. The molecule has 2 atom stereocenters. The number of amides is 1. The standard InChI is InChI=1S/C18H19ClF2N2O.ClH/c1-11(10-22-2)18(24)23-17(13-5-3-4-6-15(13)19)14-9-12(20)7-8-16(14)21;/h3-9,11,17,22H,10H2,1-2H3,(H,23,24);1H. The number of rotatable bonds is 6. The summed E-state index contributed by atoms with van der Waals surface area (Å²) in [6.07, 6.45) is 0. The molecule has 0 heterocycles. The van der Waals surface area contributed by atoms with E-state index in [1.165, 1.54) is 0 Å². The van der Waals surface area contributed by atoms with Gasteiger partial charge in [-0.1, -0.05) is 36.7 Å². The topological polar surface area (TPSA) is 41.1 Å². The van der Waals surface area contributed by atoms with Crippen LogP contribution in [-0.4, -0.2) is 19.5 Å². The van der Waals surface area contributed by atoms with Crippen molar-refractivity contribution < 1.29 is 13.6 Å². The molecule has 0 fully saturated rings. The van der Waals surface area contributed by atoms with Crippen LogP contribution in [0, 0.1) is 17.6 Å². The van der Waals surface area contributed by atoms with Crippen LogP contribution in [0.1, 0.15) is 24.1 Å². The van der Waals surface area contributed by atoms with E-state index in [2.05, 4.69) is 10.6 Å². The SMILES string of the molecule is CNCC(C)C(=O)NC(c1cc(F)ccc1F)c1ccccc1Cl.Cl. The summed E-state index contributed by atoms with van der Waals surface area (Å²) in [5, 5.41) is 6.05. The van der Waals surface area contributed by atoms with Crippen LogP contribution in [0.5, 0.6) is 0 Å². The summed E-state index contributed by atoms with van der Waals surface area (Å²) in [6, 6.07) is 9.06. The highest BCUT2D eigenvalue weighted by molar-refractivity contribution is 6.31. The Balaban J connectivity index is 0.00000312. The number of hydrogen-bond donors (Lipinski definition) is 2. The largest absolute Gasteiger partial charge is 0.345 e. The van der Waals surface area contributed by atoms with Gasteiger partial charge in [-0.05, 0) is 36.9 Å². The maximum atomic E-state index is 14.3. The molecule has 0 aliphatic heterocycles. The third kappa shape index (κ3) is 5.39. The van der Waals surface area contributed by atoms with Crippen molar-refractivity contribution in [2.45, 2.75) is 13.0 Å². The number of hydrogen-bond acceptors (Lipinski definition) is 2. The van der Waals surface area contributed by atoms with Gasteiger partial charge in [-0.15, -0.1) is 12.4 Å². The second-order valence-electron chi connectivity index (χ2n) is 5.59. The molecule has 0 spiro atoms. The molecular weight excluding hydrogens is 369 g/mol. The van der Waals surface area contributed by atoms with Crippen LogP contribution in [-0.2, 0) is 4.79 Å². The Kier molecular flexibility index (Phi) is 8.29. The minimum atomic E-state index is -0.874. The fraction of sp³-hybridized carbons (Fsp3) is 0.278. The third-order valence-electron chi connectivity index (χ3n) is 3.73. The maximum absolute atomic E-state index is 14.3. The lowest BCUT2D eigenvalue weighted by Crippen LogP contribution is -2.37. The Hall–Kier alpha value is -1.69. The van der Waals surface area contributed by atoms with E-state index < -0.39 is 17.7 Å². The summed E-state index contributed by atoms with van der Waals surface area (Å²) < 4.78 is 27.9. The van der Waals surface area contributed by atoms with E-state index in [0.717, 1.165) is 18.2 Å². The number of benzene rings is 2. The highest BCUT2D eigenvalue weighted by Gasteiger charge is 2.24. The van der Waals surface area contributed by atoms with Gasteiger partial charge in [0.2, 0.25) is 5.91 Å². The fourth-order valence-electron chi connectivity index (χ4n) is 2.45. The molecule has 2 unspecified atom stereocenters. The molecule has 0 radical (unpaired) electrons. The van der Waals surface area contributed by atoms with E-state index in [1.807, 2.05) is 0 Å². The summed E-state index contributed by atoms with van der Waals surface area (Å²) >= 11 is 6.21. The maximum Gasteiger partial charge on any atom is 0.224 e. The van der Waals surface area contributed by atoms with E-state index in [4.69, 9.17) is 11.6 Å². The molecule has 1 amide bonds. The lowest BCUT2D eigenvalue weighted by molar-refractivity contribution is -0.124. The van der Waals surface area contributed by atoms with Crippen LogP contribution in [0.3, 0.4) is 0 Å². The van der Waals surface area contributed by atoms with Crippen LogP contribution in [0.2, 0.25) is 5.02 Å². The summed E-state index contributed by atoms with van der Waals surface area (Å²) in [7, 11) is 1.74. The molecule has 136 valence electrons. The van der Waals surface area contributed by atoms with Crippen molar-refractivity contribution in [1.29, 1.82) is 0 Å². The summed E-state index contributed by atoms with van der Waals surface area (Å²) in [4.78, 5) is 12.4. The zero-order chi connectivity index (χ0) is 17.7. The van der Waals surface area contributed by atoms with E-state index in [0.29, 0.717) is 17.1 Å². The van der Waals surface area contributed by atoms with E-state index in [-0.39, 0.29) is 29.8 Å². The van der Waals surface area contributed by atoms with Crippen molar-refractivity contribution in [3.05, 3.63) is 70.2 Å². The predicted octanol–water partition coefficient (Wildman–Crippen LogP) is 4.10. The Labute approximate surface area is 157 Å². The van der Waals surface area contributed by atoms with Crippen LogP contribution in [0.4, 0.5) is 8.78 Å². The number of carbonyl (C=O) groups is 1. The molecule has 0 aliphatic rings. The molecule has 0 saturated heterocycles. The molecule has 0 aromatic heterocycles. The predicted molar refractivity (Wildman–Crippen MR) is 98.1 cm³/mol. The molecule has 3 nitrogen and oxygen atoms in total. The molecular formula is C18H20Cl2F2N2O. The quantitative estimate of drug-likeness (QED) is 0.781. The summed E-state index contributed by atoms with van der Waals surface area (Å²) in [6.45, 7) is 2.21. The second-order valence-corrected chi connectivity index (χ2v) is 5.99. The van der Waals surface area contributed by atoms with Crippen molar-refractivity contribution in [3.8, 4) is 0 Å². The van der Waals surface area contributed by atoms with Crippen LogP contribution in [0.25, 0.3) is 0 Å². The van der Waals surface area contributed by atoms with Gasteiger partial charge >= 0.3 is 0 Å². The van der Waals surface area contributed by atoms with E-state index in [9.17, 15) is 13.6 Å². The number of carbonyl (C=O) groups excluding carboxylic acids is 1. The van der Waals surface area contributed by atoms with Gasteiger partial charge in [-0.2, -0.15) is 0 Å². The van der Waals surface area contributed by atoms with Crippen molar-refractivity contribution in [1.82, 2.24) is 10.6 Å². The van der Waals surface area contributed by atoms with Gasteiger partial charge in [0.1, 0.15) is 11.6 Å². The fourth-order valence-corrected chi connectivity index (χ4v) is 2.70. The van der Waals surface area contributed by atoms with Gasteiger partial charge in [-0.25, -0.2) is 8.78 Å². The van der Waals surface area contributed by atoms with E-state index in [1.54, 1.807) is 38.2 Å². The van der Waals surface area contributed by atoms with Crippen LogP contribution < -0.4 is 10.6 Å². The highest BCUT2D eigenvalue weighted by atomic mass is 35.5. The summed E-state index contributed by atoms with van der Waals surface area (Å²) in [5.41, 5.74) is 0.543. The zero-order valence-corrected chi connectivity index (χ0v) is 15.4. The molecule has 2 aromatic carbocycles. The highest BCUT2D eigenvalue weighted by Crippen LogP contribution is 2.30. The monoisotopic (exact) mass is 388 g/mol. The Morgan fingerprint density at radius 2 is 1.84 bits per heavy atom. The number of halogens is 4. The van der Waals surface area contributed by atoms with Gasteiger partial charge in [0.15, 0.2) is 0 Å². The smallest absolute Gasteiger partial charge is 0.224 e. The average molecular weight is 389 g/mol. The molecule has 0 aliphatic carbocycles. The van der Waals surface area contributed by atoms with Gasteiger partial charge in [0, 0.05) is 23.0 Å². The normalized spacial score (nSPS) is 12.8. The van der Waals surface area contributed by atoms with Crippen LogP contribution in [0.15, 0.2) is 42.5 Å². The first-order valence-electron chi connectivity index (χ1n) is 7.58. The van der Waals surface area contributed by atoms with Gasteiger partial charge < -0.3 is 10.6 Å². The molecule has 7 heteroatoms. The number of nitrogens with one attached hydrogen (secondary N) is 2. The third-order valence-corrected chi connectivity index (χ3v) is 4.07. The first-order valence-corrected chi connectivity index (χ1v) is 7.96. The molecule has 2 aromatic rings. The first kappa shape index (κ1) is 21.4. The zero-order valence-electron chi connectivity index (χ0n) is 13.9. The molecule has 0 bridgehead atoms. The van der Waals surface area contributed by atoms with Gasteiger partial charge in [0.05, 0.1) is 6.04 Å². The van der Waals surface area contributed by atoms with Gasteiger partial charge in [-0.3, -0.25) is 4.79 Å². The Morgan fingerprint density at radius 1 is 1.16 bits per heavy atom. The Morgan fingerprint density at radius 3 is 2.48 bits per heavy atom. The van der Waals surface area contributed by atoms with Gasteiger partial charge in [0.25, 0.3) is 0 Å². The van der Waals surface area contributed by atoms with Crippen molar-refractivity contribution in [2.24, 2.45) is 5.92 Å². The van der Waals surface area contributed by atoms with E-state index >= 15 is 0 Å². The molecule has 2 rings (SSSR count).